The first kappa shape index (κ1) is 18.7. The predicted molar refractivity (Wildman–Crippen MR) is 57.4 cm³/mol. The standard InChI is InChI=1S/C8H11.3ClH.V/c1-2-5-8-6-3-4-7-8;;;;/h3,6H,2,4-5H2,1H3;3*1H;. The van der Waals surface area contributed by atoms with Gasteiger partial charge in [-0.3, -0.25) is 0 Å². The Balaban J connectivity index is -0.000000270. The van der Waals surface area contributed by atoms with E-state index < -0.39 is 0 Å². The van der Waals surface area contributed by atoms with E-state index in [0.717, 1.165) is 6.42 Å². The molecule has 0 aromatic rings. The van der Waals surface area contributed by atoms with Crippen molar-refractivity contribution in [3.8, 4) is 0 Å². The summed E-state index contributed by atoms with van der Waals surface area (Å²) < 4.78 is 1.50. The van der Waals surface area contributed by atoms with Crippen molar-refractivity contribution in [2.75, 3.05) is 0 Å². The van der Waals surface area contributed by atoms with Gasteiger partial charge in [0.05, 0.1) is 0 Å². The Morgan fingerprint density at radius 2 is 1.92 bits per heavy atom. The molecule has 0 atom stereocenters. The van der Waals surface area contributed by atoms with Gasteiger partial charge in [0.2, 0.25) is 0 Å². The van der Waals surface area contributed by atoms with Crippen molar-refractivity contribution in [2.24, 2.45) is 0 Å². The molecule has 4 heteroatoms. The molecule has 0 aromatic carbocycles. The van der Waals surface area contributed by atoms with Crippen LogP contribution in [0, 0.1) is 0 Å². The van der Waals surface area contributed by atoms with Crippen LogP contribution in [-0.4, -0.2) is 0 Å². The molecule has 0 aliphatic heterocycles. The number of rotatable bonds is 2. The Bertz CT molecular complexity index is 164. The molecule has 1 aliphatic carbocycles. The van der Waals surface area contributed by atoms with Crippen molar-refractivity contribution in [1.29, 1.82) is 0 Å². The summed E-state index contributed by atoms with van der Waals surface area (Å²) in [6.45, 7) is 2.22. The fraction of sp³-hybridized carbons (Fsp3) is 0.500. The van der Waals surface area contributed by atoms with Gasteiger partial charge in [0.25, 0.3) is 0 Å². The van der Waals surface area contributed by atoms with Crippen LogP contribution in [-0.2, 0) is 17.4 Å². The molecule has 0 saturated carbocycles. The van der Waals surface area contributed by atoms with E-state index in [2.05, 4.69) is 36.5 Å². The maximum atomic E-state index is 2.66. The molecule has 0 bridgehead atoms. The van der Waals surface area contributed by atoms with E-state index in [-0.39, 0.29) is 37.2 Å². The maximum absolute atomic E-state index is 2.66. The van der Waals surface area contributed by atoms with Gasteiger partial charge in [-0.25, -0.2) is 0 Å². The Labute approximate surface area is 102 Å². The summed E-state index contributed by atoms with van der Waals surface area (Å²) in [5, 5.41) is 0. The van der Waals surface area contributed by atoms with Crippen LogP contribution < -0.4 is 0 Å². The third kappa shape index (κ3) is 5.56. The average Bonchev–Trinajstić information content (AvgIpc) is 2.18. The second kappa shape index (κ2) is 10.0. The first-order valence-electron chi connectivity index (χ1n) is 3.42. The first-order chi connectivity index (χ1) is 4.34. The molecule has 1 rings (SSSR count). The van der Waals surface area contributed by atoms with Gasteiger partial charge < -0.3 is 0 Å². The zero-order valence-corrected chi connectivity index (χ0v) is 10.8. The van der Waals surface area contributed by atoms with Crippen LogP contribution in [0.15, 0.2) is 22.0 Å². The monoisotopic (exact) mass is 266 g/mol. The summed E-state index contributed by atoms with van der Waals surface area (Å²) in [6, 6.07) is 0. The second-order valence-electron chi connectivity index (χ2n) is 2.33. The van der Waals surface area contributed by atoms with E-state index >= 15 is 0 Å². The molecule has 0 N–H and O–H groups in total. The third-order valence-corrected chi connectivity index (χ3v) is 2.25. The fourth-order valence-electron chi connectivity index (χ4n) is 1.04. The molecule has 0 amide bonds. The molecular weight excluding hydrogens is 253 g/mol. The minimum absolute atomic E-state index is 0. The second-order valence-corrected chi connectivity index (χ2v) is 3.17. The Morgan fingerprint density at radius 3 is 2.25 bits per heavy atom. The zero-order valence-electron chi connectivity index (χ0n) is 6.95. The summed E-state index contributed by atoms with van der Waals surface area (Å²) >= 11 is 2.66. The normalized spacial score (nSPS) is 13.1. The molecule has 0 spiro atoms. The molecule has 0 saturated heterocycles. The van der Waals surface area contributed by atoms with Crippen LogP contribution >= 0.6 is 37.2 Å². The largest absolute Gasteiger partial charge is 0.147 e. The van der Waals surface area contributed by atoms with Crippen LogP contribution in [0.3, 0.4) is 0 Å². The summed E-state index contributed by atoms with van der Waals surface area (Å²) in [5.74, 6) is 0. The minimum Gasteiger partial charge on any atom is -0.147 e. The van der Waals surface area contributed by atoms with E-state index in [4.69, 9.17) is 0 Å². The van der Waals surface area contributed by atoms with Gasteiger partial charge in [0, 0.05) is 0 Å². The van der Waals surface area contributed by atoms with E-state index in [1.165, 1.54) is 22.7 Å². The topological polar surface area (TPSA) is 0 Å². The van der Waals surface area contributed by atoms with Crippen LogP contribution in [0.1, 0.15) is 26.2 Å². The molecule has 12 heavy (non-hydrogen) atoms. The van der Waals surface area contributed by atoms with Crippen molar-refractivity contribution < 1.29 is 17.4 Å². The van der Waals surface area contributed by atoms with Gasteiger partial charge in [0.1, 0.15) is 0 Å². The summed E-state index contributed by atoms with van der Waals surface area (Å²) in [5.41, 5.74) is 1.54. The smallest absolute Gasteiger partial charge is 0.147 e. The Morgan fingerprint density at radius 1 is 1.33 bits per heavy atom. The summed E-state index contributed by atoms with van der Waals surface area (Å²) in [6.07, 6.45) is 8.16. The van der Waals surface area contributed by atoms with Crippen molar-refractivity contribution in [1.82, 2.24) is 0 Å². The molecule has 0 heterocycles. The van der Waals surface area contributed by atoms with E-state index in [1.54, 1.807) is 0 Å². The quantitative estimate of drug-likeness (QED) is 0.713. The maximum Gasteiger partial charge on any atom is -0.147 e. The fourth-order valence-corrected chi connectivity index (χ4v) is 1.49. The number of hydrogen-bond donors (Lipinski definition) is 0. The Hall–Kier alpha value is 0.934. The van der Waals surface area contributed by atoms with Gasteiger partial charge in [-0.15, -0.1) is 37.2 Å². The molecule has 0 nitrogen and oxygen atoms in total. The molecule has 0 fully saturated rings. The Kier molecular flexibility index (Phi) is 15.6. The van der Waals surface area contributed by atoms with E-state index in [1.807, 2.05) is 0 Å². The number of allylic oxidation sites excluding steroid dienone is 4. The van der Waals surface area contributed by atoms with E-state index in [9.17, 15) is 0 Å². The number of halogens is 3. The zero-order chi connectivity index (χ0) is 6.69. The van der Waals surface area contributed by atoms with Crippen molar-refractivity contribution >= 4 is 37.2 Å². The summed E-state index contributed by atoms with van der Waals surface area (Å²) in [7, 11) is 0. The summed E-state index contributed by atoms with van der Waals surface area (Å²) in [4.78, 5) is 0. The number of hydrogen-bond acceptors (Lipinski definition) is 0. The van der Waals surface area contributed by atoms with Gasteiger partial charge >= 0.3 is 65.6 Å². The third-order valence-electron chi connectivity index (χ3n) is 1.52. The van der Waals surface area contributed by atoms with Crippen LogP contribution in [0.4, 0.5) is 0 Å². The molecule has 0 aromatic heterocycles. The van der Waals surface area contributed by atoms with Crippen LogP contribution in [0.2, 0.25) is 0 Å². The van der Waals surface area contributed by atoms with Gasteiger partial charge in [-0.1, -0.05) is 0 Å². The molecule has 0 unspecified atom stereocenters. The van der Waals surface area contributed by atoms with Crippen LogP contribution in [0.5, 0.6) is 0 Å². The van der Waals surface area contributed by atoms with Gasteiger partial charge in [0.15, 0.2) is 0 Å². The molecule has 72 valence electrons. The molecule has 1 aliphatic rings. The van der Waals surface area contributed by atoms with Gasteiger partial charge in [-0.05, 0) is 0 Å². The SMILES string of the molecule is CCCC1=[C]([V])CC=C1.Cl.Cl.Cl. The van der Waals surface area contributed by atoms with Gasteiger partial charge in [-0.2, -0.15) is 0 Å². The predicted octanol–water partition coefficient (Wildman–Crippen LogP) is 3.81. The van der Waals surface area contributed by atoms with Crippen molar-refractivity contribution in [2.45, 2.75) is 26.2 Å². The molecular formula is C8H14Cl3V. The van der Waals surface area contributed by atoms with Crippen molar-refractivity contribution in [3.63, 3.8) is 0 Å². The van der Waals surface area contributed by atoms with Crippen LogP contribution in [0.25, 0.3) is 0 Å². The minimum atomic E-state index is 0. The average molecular weight is 268 g/mol. The van der Waals surface area contributed by atoms with Crippen molar-refractivity contribution in [3.05, 3.63) is 22.0 Å². The first-order valence-corrected chi connectivity index (χ1v) is 4.12. The molecule has 0 radical (unpaired) electrons. The van der Waals surface area contributed by atoms with E-state index in [0.29, 0.717) is 0 Å².